The monoisotopic (exact) mass is 432 g/mol. The van der Waals surface area contributed by atoms with Gasteiger partial charge in [-0.05, 0) is 42.8 Å². The molecule has 0 atom stereocenters. The van der Waals surface area contributed by atoms with E-state index in [2.05, 4.69) is 10.3 Å². The third kappa shape index (κ3) is 4.02. The van der Waals surface area contributed by atoms with Gasteiger partial charge in [-0.3, -0.25) is 9.78 Å². The van der Waals surface area contributed by atoms with E-state index in [4.69, 9.17) is 14.2 Å². The molecule has 7 nitrogen and oxygen atoms in total. The lowest BCUT2D eigenvalue weighted by atomic mass is 10.0. The highest BCUT2D eigenvalue weighted by molar-refractivity contribution is 6.15. The number of fused-ring (bicyclic) bond motifs is 1. The quantitative estimate of drug-likeness (QED) is 0.545. The number of nitrogens with zero attached hydrogens (tertiary/aromatic N) is 1. The molecule has 0 saturated heterocycles. The van der Waals surface area contributed by atoms with Gasteiger partial charge in [0.2, 0.25) is 5.78 Å². The van der Waals surface area contributed by atoms with Gasteiger partial charge < -0.3 is 24.6 Å². The van der Waals surface area contributed by atoms with Crippen LogP contribution in [0.25, 0.3) is 6.08 Å². The summed E-state index contributed by atoms with van der Waals surface area (Å²) in [6.45, 7) is 2.75. The number of Topliss-reactive ketones (excluding diaryl/α,β-unsaturated/α-hetero) is 1. The van der Waals surface area contributed by atoms with E-state index < -0.39 is 0 Å². The Bertz CT molecular complexity index is 1190. The predicted molar refractivity (Wildman–Crippen MR) is 120 cm³/mol. The summed E-state index contributed by atoms with van der Waals surface area (Å²) in [4.78, 5) is 17.1. The summed E-state index contributed by atoms with van der Waals surface area (Å²) >= 11 is 0. The van der Waals surface area contributed by atoms with Crippen LogP contribution in [-0.4, -0.2) is 30.1 Å². The molecule has 0 fully saturated rings. The Labute approximate surface area is 186 Å². The Morgan fingerprint density at radius 3 is 2.62 bits per heavy atom. The maximum Gasteiger partial charge on any atom is 0.231 e. The molecule has 4 rings (SSSR count). The number of carbonyl (C=O) groups is 1. The fraction of sp³-hybridized carbons (Fsp3) is 0.200. The molecule has 1 aromatic heterocycles. The molecule has 7 heteroatoms. The molecular weight excluding hydrogens is 408 g/mol. The summed E-state index contributed by atoms with van der Waals surface area (Å²) in [6, 6.07) is 10.9. The Kier molecular flexibility index (Phi) is 6.09. The first kappa shape index (κ1) is 21.4. The van der Waals surface area contributed by atoms with Crippen molar-refractivity contribution < 1.29 is 24.1 Å². The van der Waals surface area contributed by atoms with Crippen LogP contribution in [0, 0.1) is 6.92 Å². The highest BCUT2D eigenvalue weighted by Crippen LogP contribution is 2.42. The van der Waals surface area contributed by atoms with Crippen molar-refractivity contribution in [1.29, 1.82) is 0 Å². The zero-order valence-corrected chi connectivity index (χ0v) is 18.1. The second-order valence-electron chi connectivity index (χ2n) is 7.37. The van der Waals surface area contributed by atoms with Gasteiger partial charge in [-0.2, -0.15) is 0 Å². The fourth-order valence-electron chi connectivity index (χ4n) is 3.69. The molecule has 0 spiro atoms. The van der Waals surface area contributed by atoms with Crippen LogP contribution >= 0.6 is 0 Å². The minimum absolute atomic E-state index is 0.110. The third-order valence-electron chi connectivity index (χ3n) is 5.36. The number of ketones is 1. The molecule has 2 N–H and O–H groups in total. The van der Waals surface area contributed by atoms with E-state index in [0.29, 0.717) is 52.6 Å². The predicted octanol–water partition coefficient (Wildman–Crippen LogP) is 4.02. The van der Waals surface area contributed by atoms with Gasteiger partial charge in [0.1, 0.15) is 11.5 Å². The SMILES string of the molecule is COc1cccc(C=C2Oc3c(cc(CNCc4ccncc4)c(O)c3C)C2=O)c1OC. The number of phenols is 1. The molecule has 2 heterocycles. The van der Waals surface area contributed by atoms with Crippen LogP contribution in [0.3, 0.4) is 0 Å². The van der Waals surface area contributed by atoms with E-state index in [9.17, 15) is 9.90 Å². The highest BCUT2D eigenvalue weighted by atomic mass is 16.5. The van der Waals surface area contributed by atoms with E-state index in [-0.39, 0.29) is 17.3 Å². The van der Waals surface area contributed by atoms with Crippen molar-refractivity contribution in [2.75, 3.05) is 14.2 Å². The molecule has 1 aliphatic rings. The van der Waals surface area contributed by atoms with E-state index >= 15 is 0 Å². The van der Waals surface area contributed by atoms with E-state index in [1.807, 2.05) is 24.3 Å². The van der Waals surface area contributed by atoms with E-state index in [1.165, 1.54) is 0 Å². The maximum absolute atomic E-state index is 13.1. The zero-order chi connectivity index (χ0) is 22.7. The third-order valence-corrected chi connectivity index (χ3v) is 5.36. The normalized spacial score (nSPS) is 13.7. The summed E-state index contributed by atoms with van der Waals surface area (Å²) in [5, 5.41) is 14.0. The number of benzene rings is 2. The summed E-state index contributed by atoms with van der Waals surface area (Å²) in [7, 11) is 3.09. The molecule has 164 valence electrons. The van der Waals surface area contributed by atoms with E-state index in [0.717, 1.165) is 5.56 Å². The topological polar surface area (TPSA) is 89.9 Å². The van der Waals surface area contributed by atoms with Crippen molar-refractivity contribution in [1.82, 2.24) is 10.3 Å². The lowest BCUT2D eigenvalue weighted by Gasteiger charge is -2.12. The van der Waals surface area contributed by atoms with Crippen LogP contribution in [0.5, 0.6) is 23.0 Å². The number of nitrogens with one attached hydrogen (secondary N) is 1. The van der Waals surface area contributed by atoms with Gasteiger partial charge in [0.25, 0.3) is 0 Å². The van der Waals surface area contributed by atoms with Crippen LogP contribution < -0.4 is 19.5 Å². The number of ether oxygens (including phenoxy) is 3. The summed E-state index contributed by atoms with van der Waals surface area (Å²) < 4.78 is 16.6. The van der Waals surface area contributed by atoms with Crippen molar-refractivity contribution in [3.8, 4) is 23.0 Å². The minimum atomic E-state index is -0.247. The molecule has 2 aromatic carbocycles. The number of aromatic nitrogens is 1. The number of para-hydroxylation sites is 1. The van der Waals surface area contributed by atoms with E-state index in [1.54, 1.807) is 51.7 Å². The number of methoxy groups -OCH3 is 2. The number of aromatic hydroxyl groups is 1. The highest BCUT2D eigenvalue weighted by Gasteiger charge is 2.31. The number of allylic oxidation sites excluding steroid dienone is 1. The molecule has 1 aliphatic heterocycles. The van der Waals surface area contributed by atoms with Gasteiger partial charge in [0, 0.05) is 42.2 Å². The lowest BCUT2D eigenvalue weighted by molar-refractivity contribution is 0.101. The number of rotatable bonds is 7. The smallest absolute Gasteiger partial charge is 0.231 e. The van der Waals surface area contributed by atoms with Gasteiger partial charge >= 0.3 is 0 Å². The molecule has 3 aromatic rings. The first-order valence-electron chi connectivity index (χ1n) is 10.1. The average molecular weight is 432 g/mol. The second-order valence-corrected chi connectivity index (χ2v) is 7.37. The molecule has 0 radical (unpaired) electrons. The van der Waals surface area contributed by atoms with Gasteiger partial charge in [-0.15, -0.1) is 0 Å². The van der Waals surface area contributed by atoms with Gasteiger partial charge in [-0.25, -0.2) is 0 Å². The molecule has 0 bridgehead atoms. The molecule has 0 saturated carbocycles. The van der Waals surface area contributed by atoms with Crippen molar-refractivity contribution in [2.45, 2.75) is 20.0 Å². The maximum atomic E-state index is 13.1. The van der Waals surface area contributed by atoms with Gasteiger partial charge in [-0.1, -0.05) is 12.1 Å². The fourth-order valence-corrected chi connectivity index (χ4v) is 3.69. The zero-order valence-electron chi connectivity index (χ0n) is 18.1. The van der Waals surface area contributed by atoms with Gasteiger partial charge in [0.15, 0.2) is 17.3 Å². The number of hydrogen-bond donors (Lipinski definition) is 2. The Morgan fingerprint density at radius 2 is 1.91 bits per heavy atom. The number of carbonyl (C=O) groups excluding carboxylic acids is 1. The molecule has 0 unspecified atom stereocenters. The molecular formula is C25H24N2O5. The second kappa shape index (κ2) is 9.11. The minimum Gasteiger partial charge on any atom is -0.507 e. The Hall–Kier alpha value is -3.84. The lowest BCUT2D eigenvalue weighted by Crippen LogP contribution is -2.13. The first-order chi connectivity index (χ1) is 15.5. The standard InChI is InChI=1S/C25H24N2O5/c1-15-22(28)18(14-27-13-16-7-9-26-10-8-16)11-19-23(29)21(32-24(15)19)12-17-5-4-6-20(30-2)25(17)31-3/h4-12,27-28H,13-14H2,1-3H3. The van der Waals surface area contributed by atoms with Crippen LogP contribution in [0.15, 0.2) is 54.6 Å². The number of pyridine rings is 1. The van der Waals surface area contributed by atoms with Gasteiger partial charge in [0.05, 0.1) is 19.8 Å². The molecule has 32 heavy (non-hydrogen) atoms. The summed E-state index contributed by atoms with van der Waals surface area (Å²) in [5.74, 6) is 1.47. The van der Waals surface area contributed by atoms with Crippen LogP contribution in [0.4, 0.5) is 0 Å². The Balaban J connectivity index is 1.60. The van der Waals surface area contributed by atoms with Crippen LogP contribution in [-0.2, 0) is 13.1 Å². The van der Waals surface area contributed by atoms with Crippen molar-refractivity contribution in [2.24, 2.45) is 0 Å². The average Bonchev–Trinajstić information content (AvgIpc) is 3.12. The molecule has 0 amide bonds. The van der Waals surface area contributed by atoms with Crippen LogP contribution in [0.2, 0.25) is 0 Å². The largest absolute Gasteiger partial charge is 0.507 e. The van der Waals surface area contributed by atoms with Crippen molar-refractivity contribution in [3.63, 3.8) is 0 Å². The first-order valence-corrected chi connectivity index (χ1v) is 10.1. The summed E-state index contributed by atoms with van der Waals surface area (Å²) in [5.41, 5.74) is 3.32. The summed E-state index contributed by atoms with van der Waals surface area (Å²) in [6.07, 6.45) is 5.09. The number of phenolic OH excluding ortho intramolecular Hbond substituents is 1. The van der Waals surface area contributed by atoms with Crippen molar-refractivity contribution in [3.05, 3.63) is 82.4 Å². The number of hydrogen-bond acceptors (Lipinski definition) is 7. The molecule has 0 aliphatic carbocycles. The van der Waals surface area contributed by atoms with Crippen LogP contribution in [0.1, 0.15) is 32.6 Å². The van der Waals surface area contributed by atoms with Crippen molar-refractivity contribution >= 4 is 11.9 Å². The Morgan fingerprint density at radius 1 is 1.12 bits per heavy atom.